The first-order valence-electron chi connectivity index (χ1n) is 12.3. The monoisotopic (exact) mass is 580 g/mol. The van der Waals surface area contributed by atoms with E-state index in [-0.39, 0.29) is 16.9 Å². The third-order valence-corrected chi connectivity index (χ3v) is 8.81. The molecule has 14 heteroatoms. The second kappa shape index (κ2) is 9.96. The molecule has 41 heavy (non-hydrogen) atoms. The molecule has 2 aromatic carbocycles. The molecule has 2 fully saturated rings. The van der Waals surface area contributed by atoms with Crippen molar-refractivity contribution in [3.63, 3.8) is 0 Å². The molecule has 4 atom stereocenters. The topological polar surface area (TPSA) is 195 Å². The van der Waals surface area contributed by atoms with Gasteiger partial charge in [-0.3, -0.25) is 24.1 Å². The number of nitrogens with one attached hydrogen (secondary N) is 3. The first kappa shape index (κ1) is 27.7. The van der Waals surface area contributed by atoms with Gasteiger partial charge in [0.15, 0.2) is 0 Å². The Morgan fingerprint density at radius 3 is 2.44 bits per heavy atom. The molecule has 3 heterocycles. The predicted molar refractivity (Wildman–Crippen MR) is 145 cm³/mol. The van der Waals surface area contributed by atoms with Gasteiger partial charge in [-0.2, -0.15) is 0 Å². The van der Waals surface area contributed by atoms with Crippen LogP contribution in [-0.4, -0.2) is 67.0 Å². The summed E-state index contributed by atoms with van der Waals surface area (Å²) in [5, 5.41) is 27.1. The normalized spacial score (nSPS) is 23.2. The maximum atomic E-state index is 13.9. The molecule has 1 aromatic heterocycles. The number of aliphatic carboxylic acids is 1. The summed E-state index contributed by atoms with van der Waals surface area (Å²) >= 11 is 1.08. The fourth-order valence-corrected chi connectivity index (χ4v) is 6.83. The number of phenols is 1. The molecule has 0 radical (unpaired) electrons. The molecule has 1 unspecified atom stereocenters. The van der Waals surface area contributed by atoms with Gasteiger partial charge in [-0.05, 0) is 43.7 Å². The van der Waals surface area contributed by atoms with Crippen molar-refractivity contribution in [1.82, 2.24) is 20.9 Å². The van der Waals surface area contributed by atoms with E-state index in [0.717, 1.165) is 16.7 Å². The zero-order valence-electron chi connectivity index (χ0n) is 21.6. The van der Waals surface area contributed by atoms with Gasteiger partial charge in [0.05, 0.1) is 4.75 Å². The predicted octanol–water partition coefficient (Wildman–Crippen LogP) is 0.675. The van der Waals surface area contributed by atoms with Crippen LogP contribution in [-0.2, 0) is 19.2 Å². The van der Waals surface area contributed by atoms with Crippen LogP contribution in [0.15, 0.2) is 63.8 Å². The Morgan fingerprint density at radius 1 is 1.10 bits per heavy atom. The molecular weight excluding hydrogens is 556 g/mol. The van der Waals surface area contributed by atoms with Gasteiger partial charge < -0.3 is 30.6 Å². The number of fused-ring (bicyclic) bond motifs is 2. The Morgan fingerprint density at radius 2 is 1.78 bits per heavy atom. The fourth-order valence-electron chi connectivity index (χ4n) is 5.12. The van der Waals surface area contributed by atoms with E-state index in [0.29, 0.717) is 11.8 Å². The van der Waals surface area contributed by atoms with Crippen LogP contribution in [0.4, 0.5) is 0 Å². The van der Waals surface area contributed by atoms with Crippen LogP contribution in [0.2, 0.25) is 0 Å². The van der Waals surface area contributed by atoms with Gasteiger partial charge >= 0.3 is 11.6 Å². The molecule has 2 saturated heterocycles. The molecule has 5 N–H and O–H groups in total. The van der Waals surface area contributed by atoms with Crippen LogP contribution < -0.4 is 21.6 Å². The van der Waals surface area contributed by atoms with E-state index in [2.05, 4.69) is 16.0 Å². The van der Waals surface area contributed by atoms with Gasteiger partial charge in [-0.15, -0.1) is 11.8 Å². The summed E-state index contributed by atoms with van der Waals surface area (Å²) in [6.45, 7) is 3.06. The number of amides is 4. The standard InChI is InChI=1S/C27H24N4O9S/c1-26(2)27(25(38)39,31-22(36)19(28-12-32)23(31)41-26)30-21(35)18(13-7-9-15(33)10-8-13)29-20(34)16-11-14-5-3-4-6-17(14)40-24(16)37/h3-12,18-19,23,33H,1-2H3,(H,28,32)(H,29,34)(H,30,35)(H,38,39)/t18?,19-,23-,27+/m1/s1. The number of benzene rings is 2. The van der Waals surface area contributed by atoms with Crippen LogP contribution in [0.1, 0.15) is 35.8 Å². The highest BCUT2D eigenvalue weighted by atomic mass is 32.2. The first-order chi connectivity index (χ1) is 19.4. The van der Waals surface area contributed by atoms with Crippen molar-refractivity contribution in [3.8, 4) is 5.75 Å². The lowest BCUT2D eigenvalue weighted by Gasteiger charge is -2.49. The third-order valence-electron chi connectivity index (χ3n) is 7.20. The van der Waals surface area contributed by atoms with Crippen LogP contribution in [0, 0.1) is 0 Å². The molecule has 2 aliphatic rings. The quantitative estimate of drug-likeness (QED) is 0.144. The van der Waals surface area contributed by atoms with E-state index in [4.69, 9.17) is 4.42 Å². The maximum absolute atomic E-state index is 13.9. The molecule has 0 aliphatic carbocycles. The summed E-state index contributed by atoms with van der Waals surface area (Å²) in [7, 11) is 0. The van der Waals surface area contributed by atoms with Gasteiger partial charge in [0.2, 0.25) is 18.0 Å². The number of carboxylic acids is 1. The molecule has 13 nitrogen and oxygen atoms in total. The maximum Gasteiger partial charge on any atom is 0.352 e. The minimum absolute atomic E-state index is 0.132. The number of hydrogen-bond donors (Lipinski definition) is 5. The minimum Gasteiger partial charge on any atom is -0.508 e. The van der Waals surface area contributed by atoms with Crippen molar-refractivity contribution in [1.29, 1.82) is 0 Å². The van der Waals surface area contributed by atoms with Gasteiger partial charge in [0.25, 0.3) is 11.8 Å². The number of carbonyl (C=O) groups excluding carboxylic acids is 4. The summed E-state index contributed by atoms with van der Waals surface area (Å²) in [6.07, 6.45) is 0.340. The highest BCUT2D eigenvalue weighted by Gasteiger charge is 2.74. The average molecular weight is 581 g/mol. The molecule has 212 valence electrons. The number of hydrogen-bond acceptors (Lipinski definition) is 9. The molecule has 2 aliphatic heterocycles. The van der Waals surface area contributed by atoms with E-state index < -0.39 is 62.7 Å². The zero-order chi connectivity index (χ0) is 29.7. The number of nitrogens with zero attached hydrogens (tertiary/aromatic N) is 1. The Labute approximate surface area is 235 Å². The number of aromatic hydroxyl groups is 1. The number of rotatable bonds is 8. The molecule has 0 bridgehead atoms. The number of para-hydroxylation sites is 1. The third kappa shape index (κ3) is 4.36. The minimum atomic E-state index is -2.26. The summed E-state index contributed by atoms with van der Waals surface area (Å²) < 4.78 is 3.94. The lowest BCUT2D eigenvalue weighted by molar-refractivity contribution is -0.176. The SMILES string of the molecule is CC1(C)S[C@@H]2[C@H](NC=O)C(=O)N2[C@@]1(NC(=O)C(NC(=O)c1cc2ccccc2oc1=O)c1ccc(O)cc1)C(=O)O. The Hall–Kier alpha value is -4.85. The van der Waals surface area contributed by atoms with Gasteiger partial charge in [0, 0.05) is 5.39 Å². The number of carbonyl (C=O) groups is 5. The Balaban J connectivity index is 1.52. The first-order valence-corrected chi connectivity index (χ1v) is 13.2. The van der Waals surface area contributed by atoms with Crippen LogP contribution in [0.25, 0.3) is 11.0 Å². The lowest BCUT2D eigenvalue weighted by Crippen LogP contribution is -2.80. The van der Waals surface area contributed by atoms with E-state index in [1.807, 2.05) is 0 Å². The number of thioether (sulfide) groups is 1. The molecule has 0 saturated carbocycles. The van der Waals surface area contributed by atoms with Gasteiger partial charge in [-0.25, -0.2) is 9.59 Å². The summed E-state index contributed by atoms with van der Waals surface area (Å²) in [5.74, 6) is -4.36. The molecule has 3 aromatic rings. The van der Waals surface area contributed by atoms with E-state index in [1.54, 1.807) is 24.3 Å². The second-order valence-corrected chi connectivity index (χ2v) is 11.7. The largest absolute Gasteiger partial charge is 0.508 e. The number of phenolic OH excluding ortho intramolecular Hbond substituents is 1. The smallest absolute Gasteiger partial charge is 0.352 e. The Kier molecular flexibility index (Phi) is 6.73. The zero-order valence-corrected chi connectivity index (χ0v) is 22.4. The summed E-state index contributed by atoms with van der Waals surface area (Å²) in [5.41, 5.74) is -3.22. The summed E-state index contributed by atoms with van der Waals surface area (Å²) in [6, 6.07) is 10.5. The highest BCUT2D eigenvalue weighted by Crippen LogP contribution is 2.55. The number of carboxylic acid groups (broad SMARTS) is 1. The van der Waals surface area contributed by atoms with Crippen LogP contribution in [0.3, 0.4) is 0 Å². The highest BCUT2D eigenvalue weighted by molar-refractivity contribution is 8.01. The Bertz CT molecular complexity index is 1650. The van der Waals surface area contributed by atoms with Crippen molar-refractivity contribution in [2.75, 3.05) is 0 Å². The molecular formula is C27H24N4O9S. The van der Waals surface area contributed by atoms with Gasteiger partial charge in [-0.1, -0.05) is 30.3 Å². The molecule has 5 rings (SSSR count). The van der Waals surface area contributed by atoms with E-state index in [1.165, 1.54) is 44.2 Å². The van der Waals surface area contributed by atoms with Crippen molar-refractivity contribution >= 4 is 52.8 Å². The number of β-lactam (4-membered cyclic amide) rings is 1. The van der Waals surface area contributed by atoms with E-state index >= 15 is 0 Å². The lowest BCUT2D eigenvalue weighted by atomic mass is 9.88. The molecule has 0 spiro atoms. The molecule has 4 amide bonds. The second-order valence-electron chi connectivity index (χ2n) is 9.98. The van der Waals surface area contributed by atoms with Crippen LogP contribution in [0.5, 0.6) is 5.75 Å². The van der Waals surface area contributed by atoms with Crippen molar-refractivity contribution in [2.45, 2.75) is 41.7 Å². The van der Waals surface area contributed by atoms with Gasteiger partial charge in [0.1, 0.15) is 34.4 Å². The van der Waals surface area contributed by atoms with E-state index in [9.17, 15) is 39.0 Å². The fraction of sp³-hybridized carbons (Fsp3) is 0.259. The average Bonchev–Trinajstić information content (AvgIpc) is 3.14. The van der Waals surface area contributed by atoms with Crippen molar-refractivity contribution in [2.24, 2.45) is 0 Å². The van der Waals surface area contributed by atoms with Crippen LogP contribution >= 0.6 is 11.8 Å². The van der Waals surface area contributed by atoms with Crippen molar-refractivity contribution < 1.29 is 38.6 Å². The van der Waals surface area contributed by atoms with Crippen molar-refractivity contribution in [3.05, 3.63) is 76.1 Å². The summed E-state index contributed by atoms with van der Waals surface area (Å²) in [4.78, 5) is 77.5.